The number of fused-ring (bicyclic) bond motifs is 1. The summed E-state index contributed by atoms with van der Waals surface area (Å²) in [5.41, 5.74) is 2.43. The van der Waals surface area contributed by atoms with E-state index in [9.17, 15) is 14.9 Å². The fourth-order valence-electron chi connectivity index (χ4n) is 3.51. The van der Waals surface area contributed by atoms with E-state index in [0.29, 0.717) is 42.9 Å². The molecule has 2 aromatic rings. The fourth-order valence-corrected chi connectivity index (χ4v) is 5.41. The number of nitrogens with zero attached hydrogens (tertiary/aromatic N) is 2. The van der Waals surface area contributed by atoms with E-state index >= 15 is 0 Å². The normalized spacial score (nSPS) is 18.5. The smallest absolute Gasteiger partial charge is 0.410 e. The molecule has 7 nitrogen and oxygen atoms in total. The summed E-state index contributed by atoms with van der Waals surface area (Å²) in [6.07, 6.45) is 4.62. The van der Waals surface area contributed by atoms with E-state index in [1.54, 1.807) is 29.4 Å². The largest absolute Gasteiger partial charge is 0.446 e. The first kappa shape index (κ1) is 20.6. The Hall–Kier alpha value is -2.67. The first-order chi connectivity index (χ1) is 14.6. The van der Waals surface area contributed by atoms with Crippen molar-refractivity contribution in [3.05, 3.63) is 44.5 Å². The molecule has 4 rings (SSSR count). The molecule has 1 fully saturated rings. The number of methoxy groups -OCH3 is 1. The average Bonchev–Trinajstić information content (AvgIpc) is 3.32. The summed E-state index contributed by atoms with van der Waals surface area (Å²) in [5, 5.41) is 16.9. The van der Waals surface area contributed by atoms with Gasteiger partial charge in [0.15, 0.2) is 0 Å². The molecule has 0 aromatic carbocycles. The Morgan fingerprint density at radius 1 is 1.37 bits per heavy atom. The minimum absolute atomic E-state index is 0.0888. The van der Waals surface area contributed by atoms with E-state index in [1.807, 2.05) is 16.8 Å². The minimum atomic E-state index is -0.319. The van der Waals surface area contributed by atoms with Gasteiger partial charge in [0.1, 0.15) is 17.2 Å². The number of ether oxygens (including phenoxy) is 2. The predicted molar refractivity (Wildman–Crippen MR) is 116 cm³/mol. The topological polar surface area (TPSA) is 91.7 Å². The molecule has 2 amide bonds. The molecule has 3 heterocycles. The lowest BCUT2D eigenvalue weighted by Crippen LogP contribution is -2.55. The van der Waals surface area contributed by atoms with Gasteiger partial charge in [-0.3, -0.25) is 4.79 Å². The zero-order valence-electron chi connectivity index (χ0n) is 16.4. The number of rotatable bonds is 5. The number of nitrogens with one attached hydrogen (secondary N) is 1. The van der Waals surface area contributed by atoms with Crippen molar-refractivity contribution in [3.63, 3.8) is 0 Å². The van der Waals surface area contributed by atoms with Crippen LogP contribution >= 0.6 is 22.7 Å². The van der Waals surface area contributed by atoms with Gasteiger partial charge in [0.05, 0.1) is 24.8 Å². The van der Waals surface area contributed by atoms with Crippen molar-refractivity contribution in [2.24, 2.45) is 0 Å². The number of carbonyl (C=O) groups is 2. The summed E-state index contributed by atoms with van der Waals surface area (Å²) in [6, 6.07) is 4.15. The maximum absolute atomic E-state index is 12.3. The van der Waals surface area contributed by atoms with Gasteiger partial charge in [0.25, 0.3) is 0 Å². The first-order valence-corrected chi connectivity index (χ1v) is 11.4. The maximum Gasteiger partial charge on any atom is 0.410 e. The number of nitriles is 1. The van der Waals surface area contributed by atoms with Crippen molar-refractivity contribution in [1.29, 1.82) is 5.26 Å². The van der Waals surface area contributed by atoms with Crippen LogP contribution < -0.4 is 5.32 Å². The zero-order valence-corrected chi connectivity index (χ0v) is 18.1. The van der Waals surface area contributed by atoms with E-state index in [4.69, 9.17) is 9.47 Å². The van der Waals surface area contributed by atoms with Gasteiger partial charge >= 0.3 is 6.09 Å². The molecule has 2 aromatic heterocycles. The summed E-state index contributed by atoms with van der Waals surface area (Å²) in [7, 11) is 1.63. The van der Waals surface area contributed by atoms with Crippen molar-refractivity contribution in [3.8, 4) is 6.07 Å². The summed E-state index contributed by atoms with van der Waals surface area (Å²) >= 11 is 2.95. The number of carbonyl (C=O) groups excluding carboxylic acids is 2. The lowest BCUT2D eigenvalue weighted by Gasteiger charge is -2.38. The number of thiophene rings is 2. The highest BCUT2D eigenvalue weighted by atomic mass is 32.1. The van der Waals surface area contributed by atoms with Gasteiger partial charge in [-0.25, -0.2) is 4.79 Å². The van der Waals surface area contributed by atoms with Crippen LogP contribution in [-0.2, 0) is 27.1 Å². The van der Waals surface area contributed by atoms with Crippen molar-refractivity contribution in [2.45, 2.75) is 31.5 Å². The van der Waals surface area contributed by atoms with Crippen LogP contribution in [0, 0.1) is 11.3 Å². The average molecular weight is 444 g/mol. The molecule has 1 aliphatic heterocycles. The molecule has 1 aliphatic carbocycles. The molecule has 2 aliphatic rings. The van der Waals surface area contributed by atoms with E-state index in [-0.39, 0.29) is 24.2 Å². The molecule has 1 saturated heterocycles. The Morgan fingerprint density at radius 3 is 2.90 bits per heavy atom. The molecule has 156 valence electrons. The van der Waals surface area contributed by atoms with Gasteiger partial charge in [-0.05, 0) is 46.9 Å². The molecule has 0 radical (unpaired) electrons. The van der Waals surface area contributed by atoms with Gasteiger partial charge in [0.2, 0.25) is 5.91 Å². The van der Waals surface area contributed by atoms with Crippen LogP contribution in [0.1, 0.15) is 28.0 Å². The third-order valence-electron chi connectivity index (χ3n) is 5.25. The van der Waals surface area contributed by atoms with Gasteiger partial charge in [-0.1, -0.05) is 0 Å². The Balaban J connectivity index is 1.39. The predicted octanol–water partition coefficient (Wildman–Crippen LogP) is 3.66. The van der Waals surface area contributed by atoms with E-state index in [0.717, 1.165) is 16.0 Å². The number of amides is 2. The lowest BCUT2D eigenvalue weighted by atomic mass is 9.94. The Morgan fingerprint density at radius 2 is 2.20 bits per heavy atom. The molecule has 0 bridgehead atoms. The first-order valence-electron chi connectivity index (χ1n) is 9.61. The SMILES string of the molecule is COC1CN(C(=O)OC2CCc3c(sc(NC(=O)/C=C/c4ccsc4)c3C#N)C2)C1. The second kappa shape index (κ2) is 9.00. The second-order valence-electron chi connectivity index (χ2n) is 7.21. The van der Waals surface area contributed by atoms with Gasteiger partial charge in [-0.15, -0.1) is 11.3 Å². The second-order valence-corrected chi connectivity index (χ2v) is 9.10. The summed E-state index contributed by atoms with van der Waals surface area (Å²) < 4.78 is 10.8. The van der Waals surface area contributed by atoms with Crippen LogP contribution in [0.5, 0.6) is 0 Å². The molecule has 1 atom stereocenters. The standard InChI is InChI=1S/C21H21N3O4S2/c1-27-15-10-24(11-15)21(26)28-14-3-4-16-17(9-22)20(30-18(16)8-14)23-19(25)5-2-13-6-7-29-12-13/h2,5-7,12,14-15H,3-4,8,10-11H2,1H3,(H,23,25)/b5-2+. The quantitative estimate of drug-likeness (QED) is 0.712. The Labute approximate surface area is 182 Å². The molecule has 1 N–H and O–H groups in total. The highest BCUT2D eigenvalue weighted by Gasteiger charge is 2.34. The Bertz CT molecular complexity index is 1000. The fraction of sp³-hybridized carbons (Fsp3) is 0.381. The molecule has 1 unspecified atom stereocenters. The van der Waals surface area contributed by atoms with Crippen LogP contribution in [0.15, 0.2) is 22.9 Å². The van der Waals surface area contributed by atoms with Crippen LogP contribution in [-0.4, -0.2) is 49.3 Å². The van der Waals surface area contributed by atoms with Gasteiger partial charge in [0, 0.05) is 24.5 Å². The van der Waals surface area contributed by atoms with Crippen molar-refractivity contribution < 1.29 is 19.1 Å². The molecule has 9 heteroatoms. The van der Waals surface area contributed by atoms with Crippen molar-refractivity contribution >= 4 is 45.8 Å². The molecular weight excluding hydrogens is 422 g/mol. The third kappa shape index (κ3) is 4.41. The molecule has 0 saturated carbocycles. The summed E-state index contributed by atoms with van der Waals surface area (Å²) in [6.45, 7) is 1.11. The molecule has 0 spiro atoms. The summed E-state index contributed by atoms with van der Waals surface area (Å²) in [5.74, 6) is -0.273. The number of anilines is 1. The van der Waals surface area contributed by atoms with Crippen LogP contribution in [0.4, 0.5) is 9.80 Å². The van der Waals surface area contributed by atoms with E-state index in [2.05, 4.69) is 11.4 Å². The monoisotopic (exact) mass is 443 g/mol. The highest BCUT2D eigenvalue weighted by molar-refractivity contribution is 7.16. The van der Waals surface area contributed by atoms with E-state index in [1.165, 1.54) is 17.4 Å². The minimum Gasteiger partial charge on any atom is -0.446 e. The lowest BCUT2D eigenvalue weighted by molar-refractivity contribution is -0.111. The number of likely N-dealkylation sites (tertiary alicyclic amines) is 1. The number of hydrogen-bond donors (Lipinski definition) is 1. The van der Waals surface area contributed by atoms with Gasteiger partial charge < -0.3 is 19.7 Å². The molecular formula is C21H21N3O4S2. The van der Waals surface area contributed by atoms with Gasteiger partial charge in [-0.2, -0.15) is 16.6 Å². The Kier molecular flexibility index (Phi) is 6.18. The maximum atomic E-state index is 12.3. The van der Waals surface area contributed by atoms with E-state index < -0.39 is 0 Å². The third-order valence-corrected chi connectivity index (χ3v) is 7.12. The van der Waals surface area contributed by atoms with Crippen LogP contribution in [0.25, 0.3) is 6.08 Å². The summed E-state index contributed by atoms with van der Waals surface area (Å²) in [4.78, 5) is 27.1. The van der Waals surface area contributed by atoms with Crippen LogP contribution in [0.2, 0.25) is 0 Å². The highest BCUT2D eigenvalue weighted by Crippen LogP contribution is 2.38. The van der Waals surface area contributed by atoms with Crippen molar-refractivity contribution in [2.75, 3.05) is 25.5 Å². The number of hydrogen-bond acceptors (Lipinski definition) is 7. The molecule has 30 heavy (non-hydrogen) atoms. The van der Waals surface area contributed by atoms with Crippen molar-refractivity contribution in [1.82, 2.24) is 4.90 Å². The van der Waals surface area contributed by atoms with Crippen LogP contribution in [0.3, 0.4) is 0 Å². The zero-order chi connectivity index (χ0) is 21.1.